The van der Waals surface area contributed by atoms with Gasteiger partial charge < -0.3 is 8.98 Å². The molecule has 0 spiro atoms. The molecular formula is C63H59FGeIrN4O-2. The van der Waals surface area contributed by atoms with Crippen LogP contribution in [0, 0.1) is 51.5 Å². The summed E-state index contributed by atoms with van der Waals surface area (Å²) in [5.41, 5.74) is 12.8. The van der Waals surface area contributed by atoms with Gasteiger partial charge in [0.05, 0.1) is 28.1 Å². The second kappa shape index (κ2) is 19.4. The number of hydrogen-bond donors (Lipinski definition) is 0. The third-order valence-corrected chi connectivity index (χ3v) is 18.1. The van der Waals surface area contributed by atoms with Gasteiger partial charge in [0.1, 0.15) is 0 Å². The van der Waals surface area contributed by atoms with Gasteiger partial charge in [-0.3, -0.25) is 4.98 Å². The van der Waals surface area contributed by atoms with Gasteiger partial charge in [0.2, 0.25) is 5.71 Å². The molecule has 0 amide bonds. The molecule has 11 rings (SSSR count). The zero-order chi connectivity index (χ0) is 51.7. The first-order chi connectivity index (χ1) is 34.7. The van der Waals surface area contributed by atoms with Gasteiger partial charge in [-0.05, 0) is 53.4 Å². The molecule has 0 atom stereocenters. The number of aromatic nitrogens is 4. The number of imidazole rings is 1. The van der Waals surface area contributed by atoms with E-state index in [0.717, 1.165) is 79.0 Å². The van der Waals surface area contributed by atoms with Crippen molar-refractivity contribution in [1.82, 2.24) is 19.5 Å². The maximum atomic E-state index is 13.6. The van der Waals surface area contributed by atoms with E-state index in [1.807, 2.05) is 18.3 Å². The van der Waals surface area contributed by atoms with E-state index in [1.165, 1.54) is 43.5 Å². The van der Waals surface area contributed by atoms with Gasteiger partial charge in [0.25, 0.3) is 0 Å². The van der Waals surface area contributed by atoms with Crippen LogP contribution in [0.15, 0.2) is 144 Å². The molecule has 0 unspecified atom stereocenters. The number of hydrogen-bond acceptors (Lipinski definition) is 4. The number of halogens is 1. The molecule has 0 aliphatic heterocycles. The Morgan fingerprint density at radius 3 is 2.04 bits per heavy atom. The van der Waals surface area contributed by atoms with Crippen LogP contribution in [0.4, 0.5) is 4.39 Å². The summed E-state index contributed by atoms with van der Waals surface area (Å²) in [6.45, 7) is 12.8. The molecule has 0 saturated carbocycles. The topological polar surface area (TPSA) is 56.7 Å². The summed E-state index contributed by atoms with van der Waals surface area (Å²) in [4.78, 5) is 15.2. The largest absolute Gasteiger partial charge is 0 e. The summed E-state index contributed by atoms with van der Waals surface area (Å²) >= 11 is -2.10. The van der Waals surface area contributed by atoms with Crippen molar-refractivity contribution in [2.45, 2.75) is 84.4 Å². The van der Waals surface area contributed by atoms with Gasteiger partial charge in [0.15, 0.2) is 0 Å². The Bertz CT molecular complexity index is 3910. The van der Waals surface area contributed by atoms with E-state index in [9.17, 15) is 4.39 Å². The third kappa shape index (κ3) is 9.07. The molecule has 4 heterocycles. The Kier molecular flexibility index (Phi) is 12.5. The SMILES string of the molecule is Cc1cccc(C)c1-n1c(-c2[c-]cc(C)c3c2oc2nc(C(C)(C)c4ccccc4)ccc23)nc2c3ccccc3c3ccccc3c21.[2H]C([2H])([2H])c1cc(F)c[c-]c1-c1cc(CC(C)C)[c]([Ge]([CH3])([CH3])[CH3])cn1.[Ir]. The zero-order valence-corrected chi connectivity index (χ0v) is 46.5. The number of furan rings is 1. The van der Waals surface area contributed by atoms with Gasteiger partial charge in [0, 0.05) is 47.4 Å². The van der Waals surface area contributed by atoms with E-state index >= 15 is 0 Å². The van der Waals surface area contributed by atoms with Crippen molar-refractivity contribution in [3.8, 4) is 28.3 Å². The standard InChI is InChI=1S/C44H34N3O.C19H25FGeN.Ir/c1-26-22-23-35(41-37(26)34-24-25-36(45-43(34)48-41)44(4,5)29-16-7-6-8-17-29)42-46-38-32-20-11-9-18-30(32)31-19-10-12-21-33(31)40(38)47(42)39-27(2)14-13-15-28(39)3;1-13(2)9-15-11-19(22-12-18(15)21(4,5)6)17-8-7-16(20)10-14(17)3;/h6-22,24-25H,1-5H3;7,10-13H,9H2,1-6H3;/q2*-1;/i;3D3;. The minimum Gasteiger partial charge on any atom is 0 e. The van der Waals surface area contributed by atoms with Crippen LogP contribution >= 0.6 is 0 Å². The Balaban J connectivity index is 0.000000220. The minimum absolute atomic E-state index is 0. The average molecular weight is 1180 g/mol. The Hall–Kier alpha value is -6.25. The third-order valence-electron chi connectivity index (χ3n) is 13.8. The van der Waals surface area contributed by atoms with Gasteiger partial charge >= 0.3 is 140 Å². The first kappa shape index (κ1) is 45.9. The number of rotatable bonds is 8. The molecule has 71 heavy (non-hydrogen) atoms. The first-order valence-corrected chi connectivity index (χ1v) is 31.5. The first-order valence-electron chi connectivity index (χ1n) is 25.6. The summed E-state index contributed by atoms with van der Waals surface area (Å²) < 4.78 is 47.2. The Morgan fingerprint density at radius 2 is 1.37 bits per heavy atom. The van der Waals surface area contributed by atoms with Crippen molar-refractivity contribution in [3.63, 3.8) is 0 Å². The molecule has 359 valence electrons. The summed E-state index contributed by atoms with van der Waals surface area (Å²) in [6, 6.07) is 51.3. The Morgan fingerprint density at radius 1 is 0.718 bits per heavy atom. The van der Waals surface area contributed by atoms with Gasteiger partial charge in [-0.2, -0.15) is 0 Å². The molecule has 5 nitrogen and oxygen atoms in total. The van der Waals surface area contributed by atoms with E-state index in [-0.39, 0.29) is 31.1 Å². The van der Waals surface area contributed by atoms with Gasteiger partial charge in [-0.1, -0.05) is 129 Å². The molecule has 4 aromatic heterocycles. The van der Waals surface area contributed by atoms with E-state index in [2.05, 4.69) is 197 Å². The van der Waals surface area contributed by atoms with Crippen LogP contribution in [0.5, 0.6) is 0 Å². The summed E-state index contributed by atoms with van der Waals surface area (Å²) in [6.07, 6.45) is 2.81. The molecule has 7 aromatic carbocycles. The quantitative estimate of drug-likeness (QED) is 0.0864. The molecule has 11 aromatic rings. The monoisotopic (exact) mass is 1180 g/mol. The normalized spacial score (nSPS) is 12.8. The molecule has 0 bridgehead atoms. The fourth-order valence-electron chi connectivity index (χ4n) is 10.2. The molecule has 1 radical (unpaired) electrons. The van der Waals surface area contributed by atoms with Crippen LogP contribution in [0.1, 0.15) is 70.9 Å². The van der Waals surface area contributed by atoms with E-state index in [4.69, 9.17) is 18.5 Å². The molecule has 0 N–H and O–H groups in total. The number of para-hydroxylation sites is 1. The number of benzene rings is 7. The van der Waals surface area contributed by atoms with E-state index < -0.39 is 25.9 Å². The number of pyridine rings is 2. The fraction of sp³-hybridized carbons (Fsp3) is 0.222. The predicted octanol–water partition coefficient (Wildman–Crippen LogP) is 16.1. The maximum absolute atomic E-state index is 13.6. The van der Waals surface area contributed by atoms with E-state index in [0.29, 0.717) is 22.9 Å². The summed E-state index contributed by atoms with van der Waals surface area (Å²) in [5, 5.41) is 6.73. The molecule has 8 heteroatoms. The molecule has 0 aliphatic carbocycles. The van der Waals surface area contributed by atoms with Gasteiger partial charge in [-0.25, -0.2) is 4.98 Å². The average Bonchev–Trinajstić information content (AvgIpc) is 3.94. The second-order valence-electron chi connectivity index (χ2n) is 20.7. The van der Waals surface area contributed by atoms with Crippen molar-refractivity contribution in [2.75, 3.05) is 0 Å². The Labute approximate surface area is 437 Å². The van der Waals surface area contributed by atoms with Crippen LogP contribution in [-0.4, -0.2) is 32.8 Å². The molecular weight excluding hydrogens is 1110 g/mol. The summed E-state index contributed by atoms with van der Waals surface area (Å²) in [5.74, 6) is 7.64. The van der Waals surface area contributed by atoms with Crippen molar-refractivity contribution in [3.05, 3.63) is 197 Å². The van der Waals surface area contributed by atoms with Gasteiger partial charge in [-0.15, -0.1) is 17.7 Å². The van der Waals surface area contributed by atoms with Crippen LogP contribution < -0.4 is 4.40 Å². The van der Waals surface area contributed by atoms with E-state index in [1.54, 1.807) is 0 Å². The van der Waals surface area contributed by atoms with Crippen molar-refractivity contribution >= 4 is 72.3 Å². The van der Waals surface area contributed by atoms with Crippen LogP contribution in [-0.2, 0) is 31.9 Å². The minimum atomic E-state index is -2.41. The molecule has 0 fully saturated rings. The smallest absolute Gasteiger partial charge is 0 e. The number of fused-ring (bicyclic) bond motifs is 9. The van der Waals surface area contributed by atoms with Crippen LogP contribution in [0.25, 0.3) is 83.0 Å². The number of nitrogens with zero attached hydrogens (tertiary/aromatic N) is 4. The van der Waals surface area contributed by atoms with Crippen LogP contribution in [0.3, 0.4) is 0 Å². The second-order valence-corrected chi connectivity index (χ2v) is 31.2. The molecule has 0 saturated heterocycles. The van der Waals surface area contributed by atoms with Crippen molar-refractivity contribution < 1.29 is 33.0 Å². The molecule has 0 aliphatic rings. The maximum Gasteiger partial charge on any atom is 0 e. The van der Waals surface area contributed by atoms with Crippen molar-refractivity contribution in [1.29, 1.82) is 0 Å². The summed E-state index contributed by atoms with van der Waals surface area (Å²) in [7, 11) is 0. The van der Waals surface area contributed by atoms with Crippen molar-refractivity contribution in [2.24, 2.45) is 5.92 Å². The zero-order valence-electron chi connectivity index (χ0n) is 45.0. The fourth-order valence-corrected chi connectivity index (χ4v) is 13.6. The van der Waals surface area contributed by atoms with Crippen LogP contribution in [0.2, 0.25) is 17.3 Å². The predicted molar refractivity (Wildman–Crippen MR) is 293 cm³/mol. The number of aryl methyl sites for hydroxylation is 4.